The number of pyridine rings is 1. The van der Waals surface area contributed by atoms with E-state index in [1.165, 1.54) is 0 Å². The molecule has 0 aliphatic carbocycles. The summed E-state index contributed by atoms with van der Waals surface area (Å²) in [6, 6.07) is 1.67. The van der Waals surface area contributed by atoms with Gasteiger partial charge in [-0.25, -0.2) is 0 Å². The fourth-order valence-corrected chi connectivity index (χ4v) is 1.92. The van der Waals surface area contributed by atoms with E-state index in [9.17, 15) is 9.90 Å². The van der Waals surface area contributed by atoms with Crippen LogP contribution in [0.15, 0.2) is 18.5 Å². The normalized spacial score (nSPS) is 24.1. The molecule has 1 atom stereocenters. The summed E-state index contributed by atoms with van der Waals surface area (Å²) in [5.74, 6) is 0.547. The molecule has 0 fully saturated rings. The zero-order valence-electron chi connectivity index (χ0n) is 10.4. The highest BCUT2D eigenvalue weighted by atomic mass is 16.5. The first kappa shape index (κ1) is 12.0. The molecule has 1 unspecified atom stereocenters. The van der Waals surface area contributed by atoms with E-state index in [2.05, 4.69) is 4.98 Å². The van der Waals surface area contributed by atoms with Crippen LogP contribution in [0, 0.1) is 5.41 Å². The Bertz CT molecular complexity index is 456. The number of aliphatic hydroxyl groups is 1. The Kier molecular flexibility index (Phi) is 2.70. The molecule has 1 aliphatic rings. The average molecular weight is 235 g/mol. The molecule has 0 saturated carbocycles. The maximum absolute atomic E-state index is 12.1. The largest absolute Gasteiger partial charge is 0.484 e. The van der Waals surface area contributed by atoms with Crippen molar-refractivity contribution in [3.8, 4) is 5.75 Å². The third-order valence-electron chi connectivity index (χ3n) is 3.74. The molecule has 0 bridgehead atoms. The summed E-state index contributed by atoms with van der Waals surface area (Å²) in [5.41, 5.74) is -0.614. The van der Waals surface area contributed by atoms with E-state index in [0.717, 1.165) is 0 Å². The minimum absolute atomic E-state index is 0.0353. The smallest absolute Gasteiger partial charge is 0.170 e. The van der Waals surface area contributed by atoms with Gasteiger partial charge >= 0.3 is 0 Å². The summed E-state index contributed by atoms with van der Waals surface area (Å²) < 4.78 is 5.90. The average Bonchev–Trinajstić information content (AvgIpc) is 2.28. The molecule has 1 aliphatic heterocycles. The van der Waals surface area contributed by atoms with Crippen LogP contribution in [-0.4, -0.2) is 28.1 Å². The zero-order valence-corrected chi connectivity index (χ0v) is 10.4. The van der Waals surface area contributed by atoms with Crippen molar-refractivity contribution in [1.29, 1.82) is 0 Å². The molecule has 0 spiro atoms. The van der Waals surface area contributed by atoms with Gasteiger partial charge in [0.15, 0.2) is 5.78 Å². The highest BCUT2D eigenvalue weighted by molar-refractivity contribution is 6.00. The summed E-state index contributed by atoms with van der Waals surface area (Å²) in [5, 5.41) is 9.44. The number of fused-ring (bicyclic) bond motifs is 1. The molecule has 2 heterocycles. The van der Waals surface area contributed by atoms with Gasteiger partial charge in [0.05, 0.1) is 24.8 Å². The van der Waals surface area contributed by atoms with Crippen molar-refractivity contribution in [2.45, 2.75) is 32.8 Å². The van der Waals surface area contributed by atoms with E-state index in [1.54, 1.807) is 18.5 Å². The SMILES string of the molecule is CC(C)(CO)C1(C)CC(=O)c2ccncc2O1. The minimum Gasteiger partial charge on any atom is -0.484 e. The van der Waals surface area contributed by atoms with Gasteiger partial charge in [-0.05, 0) is 13.0 Å². The number of aromatic nitrogens is 1. The Morgan fingerprint density at radius 3 is 2.94 bits per heavy atom. The molecule has 1 aromatic rings. The third-order valence-corrected chi connectivity index (χ3v) is 3.74. The van der Waals surface area contributed by atoms with Crippen molar-refractivity contribution in [1.82, 2.24) is 4.98 Å². The topological polar surface area (TPSA) is 59.4 Å². The minimum atomic E-state index is -0.700. The van der Waals surface area contributed by atoms with Gasteiger partial charge in [-0.1, -0.05) is 13.8 Å². The second-order valence-corrected chi connectivity index (χ2v) is 5.35. The quantitative estimate of drug-likeness (QED) is 0.849. The van der Waals surface area contributed by atoms with E-state index in [-0.39, 0.29) is 18.8 Å². The summed E-state index contributed by atoms with van der Waals surface area (Å²) in [6.45, 7) is 5.60. The van der Waals surface area contributed by atoms with E-state index in [4.69, 9.17) is 4.74 Å². The maximum Gasteiger partial charge on any atom is 0.170 e. The van der Waals surface area contributed by atoms with E-state index >= 15 is 0 Å². The number of carbonyl (C=O) groups is 1. The van der Waals surface area contributed by atoms with Crippen LogP contribution in [0.5, 0.6) is 5.75 Å². The van der Waals surface area contributed by atoms with Crippen molar-refractivity contribution in [2.24, 2.45) is 5.41 Å². The van der Waals surface area contributed by atoms with Crippen LogP contribution in [-0.2, 0) is 0 Å². The van der Waals surface area contributed by atoms with Crippen LogP contribution >= 0.6 is 0 Å². The third kappa shape index (κ3) is 1.82. The van der Waals surface area contributed by atoms with Gasteiger partial charge in [-0.2, -0.15) is 0 Å². The lowest BCUT2D eigenvalue weighted by Crippen LogP contribution is -2.52. The highest BCUT2D eigenvalue weighted by Gasteiger charge is 2.47. The molecule has 1 aromatic heterocycles. The molecule has 4 heteroatoms. The van der Waals surface area contributed by atoms with Crippen LogP contribution < -0.4 is 4.74 Å². The second-order valence-electron chi connectivity index (χ2n) is 5.35. The predicted octanol–water partition coefficient (Wildman–Crippen LogP) is 1.82. The van der Waals surface area contributed by atoms with Crippen LogP contribution in [0.1, 0.15) is 37.6 Å². The number of rotatable bonds is 2. The summed E-state index contributed by atoms with van der Waals surface area (Å²) in [7, 11) is 0. The fourth-order valence-electron chi connectivity index (χ4n) is 1.92. The summed E-state index contributed by atoms with van der Waals surface area (Å²) in [4.78, 5) is 16.0. The Labute approximate surface area is 101 Å². The van der Waals surface area contributed by atoms with Crippen molar-refractivity contribution in [3.05, 3.63) is 24.0 Å². The number of aliphatic hydroxyl groups excluding tert-OH is 1. The van der Waals surface area contributed by atoms with Gasteiger partial charge in [0, 0.05) is 11.6 Å². The first-order valence-corrected chi connectivity index (χ1v) is 5.67. The summed E-state index contributed by atoms with van der Waals surface area (Å²) in [6.07, 6.45) is 3.41. The molecule has 92 valence electrons. The molecule has 0 saturated heterocycles. The Hall–Kier alpha value is -1.42. The lowest BCUT2D eigenvalue weighted by atomic mass is 9.72. The number of carbonyl (C=O) groups excluding carboxylic acids is 1. The van der Waals surface area contributed by atoms with Crippen molar-refractivity contribution in [3.63, 3.8) is 0 Å². The monoisotopic (exact) mass is 235 g/mol. The zero-order chi connectivity index (χ0) is 12.7. The van der Waals surface area contributed by atoms with Crippen LogP contribution in [0.25, 0.3) is 0 Å². The first-order chi connectivity index (χ1) is 7.89. The van der Waals surface area contributed by atoms with Crippen LogP contribution in [0.3, 0.4) is 0 Å². The van der Waals surface area contributed by atoms with Gasteiger partial charge in [-0.3, -0.25) is 9.78 Å². The van der Waals surface area contributed by atoms with E-state index in [1.807, 2.05) is 20.8 Å². The Morgan fingerprint density at radius 2 is 2.29 bits per heavy atom. The molecular weight excluding hydrogens is 218 g/mol. The van der Waals surface area contributed by atoms with Crippen molar-refractivity contribution >= 4 is 5.78 Å². The van der Waals surface area contributed by atoms with Crippen LogP contribution in [0.4, 0.5) is 0 Å². The lowest BCUT2D eigenvalue weighted by Gasteiger charge is -2.45. The molecule has 1 N–H and O–H groups in total. The molecule has 17 heavy (non-hydrogen) atoms. The van der Waals surface area contributed by atoms with Gasteiger partial charge in [-0.15, -0.1) is 0 Å². The molecule has 4 nitrogen and oxygen atoms in total. The predicted molar refractivity (Wildman–Crippen MR) is 63.1 cm³/mol. The Morgan fingerprint density at radius 1 is 1.59 bits per heavy atom. The molecule has 0 radical (unpaired) electrons. The first-order valence-electron chi connectivity index (χ1n) is 5.67. The van der Waals surface area contributed by atoms with Gasteiger partial charge in [0.25, 0.3) is 0 Å². The number of Topliss-reactive ketones (excluding diaryl/α,β-unsaturated/α-hetero) is 1. The molecular formula is C13H17NO3. The second kappa shape index (κ2) is 3.81. The highest BCUT2D eigenvalue weighted by Crippen LogP contribution is 2.42. The summed E-state index contributed by atoms with van der Waals surface area (Å²) >= 11 is 0. The number of hydrogen-bond acceptors (Lipinski definition) is 4. The number of ether oxygens (including phenoxy) is 1. The Balaban J connectivity index is 2.43. The molecule has 0 amide bonds. The molecule has 2 rings (SSSR count). The van der Waals surface area contributed by atoms with Crippen LogP contribution in [0.2, 0.25) is 0 Å². The number of ketones is 1. The maximum atomic E-state index is 12.1. The van der Waals surface area contributed by atoms with E-state index in [0.29, 0.717) is 11.3 Å². The van der Waals surface area contributed by atoms with Gasteiger partial charge < -0.3 is 9.84 Å². The molecule has 0 aromatic carbocycles. The number of nitrogens with zero attached hydrogens (tertiary/aromatic N) is 1. The van der Waals surface area contributed by atoms with Crippen molar-refractivity contribution in [2.75, 3.05) is 6.61 Å². The number of hydrogen-bond donors (Lipinski definition) is 1. The fraction of sp³-hybridized carbons (Fsp3) is 0.538. The van der Waals surface area contributed by atoms with Crippen molar-refractivity contribution < 1.29 is 14.6 Å². The van der Waals surface area contributed by atoms with Gasteiger partial charge in [0.2, 0.25) is 0 Å². The lowest BCUT2D eigenvalue weighted by molar-refractivity contribution is -0.0614. The van der Waals surface area contributed by atoms with Gasteiger partial charge in [0.1, 0.15) is 11.4 Å². The standard InChI is InChI=1S/C13H17NO3/c1-12(2,8-15)13(3)6-10(16)9-4-5-14-7-11(9)17-13/h4-5,7,15H,6,8H2,1-3H3. The van der Waals surface area contributed by atoms with E-state index < -0.39 is 11.0 Å².